The van der Waals surface area contributed by atoms with E-state index in [9.17, 15) is 4.79 Å². The maximum atomic E-state index is 12.4. The minimum atomic E-state index is -0.0487. The number of halogens is 2. The first-order chi connectivity index (χ1) is 9.61. The van der Waals surface area contributed by atoms with Crippen LogP contribution in [0, 0.1) is 0 Å². The summed E-state index contributed by atoms with van der Waals surface area (Å²) in [5.74, 6) is -0.0487. The molecule has 2 aromatic rings. The lowest BCUT2D eigenvalue weighted by molar-refractivity contribution is 0.0752. The van der Waals surface area contributed by atoms with Crippen LogP contribution in [0.4, 0.5) is 0 Å². The molecule has 0 N–H and O–H groups in total. The molecule has 0 aliphatic heterocycles. The van der Waals surface area contributed by atoms with Gasteiger partial charge in [-0.05, 0) is 46.6 Å². The van der Waals surface area contributed by atoms with Crippen LogP contribution in [-0.2, 0) is 6.54 Å². The number of benzene rings is 1. The van der Waals surface area contributed by atoms with Gasteiger partial charge in [0.15, 0.2) is 0 Å². The molecule has 0 aliphatic rings. The Morgan fingerprint density at radius 2 is 2.05 bits per heavy atom. The fraction of sp³-hybridized carbons (Fsp3) is 0.200. The average Bonchev–Trinajstić information content (AvgIpc) is 2.46. The van der Waals surface area contributed by atoms with Crippen molar-refractivity contribution in [2.24, 2.45) is 0 Å². The molecule has 0 aliphatic carbocycles. The molecule has 1 aromatic carbocycles. The van der Waals surface area contributed by atoms with Crippen LogP contribution in [0.1, 0.15) is 22.8 Å². The highest BCUT2D eigenvalue weighted by Crippen LogP contribution is 2.18. The van der Waals surface area contributed by atoms with Crippen LogP contribution in [-0.4, -0.2) is 22.3 Å². The van der Waals surface area contributed by atoms with Crippen molar-refractivity contribution in [1.29, 1.82) is 0 Å². The van der Waals surface area contributed by atoms with E-state index in [4.69, 9.17) is 11.6 Å². The highest BCUT2D eigenvalue weighted by atomic mass is 79.9. The highest BCUT2D eigenvalue weighted by Gasteiger charge is 2.15. The Hall–Kier alpha value is -1.39. The fourth-order valence-electron chi connectivity index (χ4n) is 1.84. The molecule has 2 rings (SSSR count). The largest absolute Gasteiger partial charge is 0.334 e. The van der Waals surface area contributed by atoms with Crippen LogP contribution in [0.3, 0.4) is 0 Å². The molecule has 5 heteroatoms. The summed E-state index contributed by atoms with van der Waals surface area (Å²) >= 11 is 9.40. The second-order valence-corrected chi connectivity index (χ2v) is 5.50. The zero-order valence-corrected chi connectivity index (χ0v) is 13.4. The molecule has 0 saturated heterocycles. The molecular weight excluding hydrogens is 340 g/mol. The van der Waals surface area contributed by atoms with Crippen LogP contribution in [0.5, 0.6) is 0 Å². The van der Waals surface area contributed by atoms with E-state index in [-0.39, 0.29) is 5.91 Å². The summed E-state index contributed by atoms with van der Waals surface area (Å²) in [5.41, 5.74) is 1.51. The van der Waals surface area contributed by atoms with Gasteiger partial charge in [0, 0.05) is 24.3 Å². The fourth-order valence-corrected chi connectivity index (χ4v) is 2.27. The van der Waals surface area contributed by atoms with E-state index < -0.39 is 0 Å². The molecule has 0 saturated carbocycles. The average molecular weight is 354 g/mol. The maximum absolute atomic E-state index is 12.4. The van der Waals surface area contributed by atoms with Crippen LogP contribution in [0.25, 0.3) is 0 Å². The Kier molecular flexibility index (Phi) is 5.15. The van der Waals surface area contributed by atoms with Crippen molar-refractivity contribution in [2.75, 3.05) is 6.54 Å². The van der Waals surface area contributed by atoms with Crippen LogP contribution in [0.15, 0.2) is 47.2 Å². The van der Waals surface area contributed by atoms with Crippen LogP contribution in [0.2, 0.25) is 5.02 Å². The minimum absolute atomic E-state index is 0.0487. The van der Waals surface area contributed by atoms with E-state index in [1.54, 1.807) is 23.2 Å². The van der Waals surface area contributed by atoms with Crippen molar-refractivity contribution in [3.8, 4) is 0 Å². The molecule has 3 nitrogen and oxygen atoms in total. The Balaban J connectivity index is 2.18. The summed E-state index contributed by atoms with van der Waals surface area (Å²) in [6.07, 6.45) is 1.57. The number of carbonyl (C=O) groups is 1. The van der Waals surface area contributed by atoms with Crippen LogP contribution >= 0.6 is 27.5 Å². The quantitative estimate of drug-likeness (QED) is 0.773. The molecule has 0 spiro atoms. The zero-order chi connectivity index (χ0) is 14.5. The molecular formula is C15H14BrClN2O. The second-order valence-electron chi connectivity index (χ2n) is 4.28. The van der Waals surface area contributed by atoms with Gasteiger partial charge in [0.1, 0.15) is 4.60 Å². The lowest BCUT2D eigenvalue weighted by atomic mass is 10.2. The zero-order valence-electron chi connectivity index (χ0n) is 11.0. The summed E-state index contributed by atoms with van der Waals surface area (Å²) in [5, 5.41) is 0.674. The van der Waals surface area contributed by atoms with Gasteiger partial charge in [0.25, 0.3) is 5.91 Å². The first-order valence-electron chi connectivity index (χ1n) is 6.26. The lowest BCUT2D eigenvalue weighted by Crippen LogP contribution is -2.30. The monoisotopic (exact) mass is 352 g/mol. The number of carbonyl (C=O) groups excluding carboxylic acids is 1. The van der Waals surface area contributed by atoms with Crippen molar-refractivity contribution in [3.05, 3.63) is 63.3 Å². The van der Waals surface area contributed by atoms with Gasteiger partial charge in [0.2, 0.25) is 0 Å². The number of rotatable bonds is 4. The molecule has 0 radical (unpaired) electrons. The van der Waals surface area contributed by atoms with E-state index in [1.165, 1.54) is 0 Å². The first kappa shape index (κ1) is 15.0. The SMILES string of the molecule is CCN(Cc1ccccc1Cl)C(=O)c1ccc(Br)nc1. The van der Waals surface area contributed by atoms with Gasteiger partial charge in [-0.3, -0.25) is 4.79 Å². The predicted octanol–water partition coefficient (Wildman–Crippen LogP) is 4.16. The summed E-state index contributed by atoms with van der Waals surface area (Å²) in [6, 6.07) is 11.1. The highest BCUT2D eigenvalue weighted by molar-refractivity contribution is 9.10. The molecule has 1 heterocycles. The van der Waals surface area contributed by atoms with Crippen molar-refractivity contribution < 1.29 is 4.79 Å². The Labute approximate surface area is 131 Å². The van der Waals surface area contributed by atoms with Crippen molar-refractivity contribution >= 4 is 33.4 Å². The molecule has 1 amide bonds. The Bertz CT molecular complexity index is 601. The third-order valence-electron chi connectivity index (χ3n) is 2.96. The maximum Gasteiger partial charge on any atom is 0.255 e. The van der Waals surface area contributed by atoms with E-state index in [2.05, 4.69) is 20.9 Å². The number of amides is 1. The van der Waals surface area contributed by atoms with Gasteiger partial charge in [-0.2, -0.15) is 0 Å². The number of aromatic nitrogens is 1. The standard InChI is InChI=1S/C15H14BrClN2O/c1-2-19(10-12-5-3-4-6-13(12)17)15(20)11-7-8-14(16)18-9-11/h3-9H,2,10H2,1H3. The van der Waals surface area contributed by atoms with E-state index in [0.717, 1.165) is 5.56 Å². The normalized spacial score (nSPS) is 10.3. The van der Waals surface area contributed by atoms with Gasteiger partial charge in [0.05, 0.1) is 5.56 Å². The molecule has 104 valence electrons. The van der Waals surface area contributed by atoms with Gasteiger partial charge >= 0.3 is 0 Å². The Morgan fingerprint density at radius 3 is 2.65 bits per heavy atom. The van der Waals surface area contributed by atoms with Crippen molar-refractivity contribution in [1.82, 2.24) is 9.88 Å². The number of pyridine rings is 1. The molecule has 0 unspecified atom stereocenters. The van der Waals surface area contributed by atoms with Gasteiger partial charge in [-0.15, -0.1) is 0 Å². The minimum Gasteiger partial charge on any atom is -0.334 e. The van der Waals surface area contributed by atoms with Gasteiger partial charge < -0.3 is 4.90 Å². The molecule has 0 atom stereocenters. The molecule has 1 aromatic heterocycles. The third kappa shape index (κ3) is 3.58. The van der Waals surface area contributed by atoms with E-state index in [1.807, 2.05) is 31.2 Å². The summed E-state index contributed by atoms with van der Waals surface area (Å²) in [7, 11) is 0. The molecule has 0 fully saturated rings. The summed E-state index contributed by atoms with van der Waals surface area (Å²) < 4.78 is 0.711. The van der Waals surface area contributed by atoms with Crippen molar-refractivity contribution in [3.63, 3.8) is 0 Å². The number of nitrogens with zero attached hydrogens (tertiary/aromatic N) is 2. The lowest BCUT2D eigenvalue weighted by Gasteiger charge is -2.21. The van der Waals surface area contributed by atoms with Gasteiger partial charge in [-0.25, -0.2) is 4.98 Å². The third-order valence-corrected chi connectivity index (χ3v) is 3.80. The van der Waals surface area contributed by atoms with Crippen molar-refractivity contribution in [2.45, 2.75) is 13.5 Å². The Morgan fingerprint density at radius 1 is 1.30 bits per heavy atom. The van der Waals surface area contributed by atoms with Gasteiger partial charge in [-0.1, -0.05) is 29.8 Å². The number of hydrogen-bond donors (Lipinski definition) is 0. The van der Waals surface area contributed by atoms with E-state index in [0.29, 0.717) is 28.3 Å². The molecule has 0 bridgehead atoms. The number of hydrogen-bond acceptors (Lipinski definition) is 2. The smallest absolute Gasteiger partial charge is 0.255 e. The second kappa shape index (κ2) is 6.86. The van der Waals surface area contributed by atoms with Crippen LogP contribution < -0.4 is 0 Å². The first-order valence-corrected chi connectivity index (χ1v) is 7.43. The predicted molar refractivity (Wildman–Crippen MR) is 83.8 cm³/mol. The van der Waals surface area contributed by atoms with E-state index >= 15 is 0 Å². The topological polar surface area (TPSA) is 33.2 Å². The summed E-state index contributed by atoms with van der Waals surface area (Å²) in [4.78, 5) is 18.3. The summed E-state index contributed by atoms with van der Waals surface area (Å²) in [6.45, 7) is 3.05. The molecule has 20 heavy (non-hydrogen) atoms.